The first-order valence-corrected chi connectivity index (χ1v) is 8.80. The lowest BCUT2D eigenvalue weighted by Crippen LogP contribution is -2.13. The molecule has 2 rings (SSSR count). The average Bonchev–Trinajstić information content (AvgIpc) is 2.82. The molecule has 0 saturated heterocycles. The van der Waals surface area contributed by atoms with Gasteiger partial charge >= 0.3 is 5.97 Å². The molecule has 22 heavy (non-hydrogen) atoms. The monoisotopic (exact) mass is 362 g/mol. The van der Waals surface area contributed by atoms with Crippen molar-refractivity contribution in [3.8, 4) is 5.69 Å². The molecule has 0 unspecified atom stereocenters. The van der Waals surface area contributed by atoms with Crippen molar-refractivity contribution >= 4 is 39.0 Å². The van der Waals surface area contributed by atoms with E-state index in [1.54, 1.807) is 6.92 Å². The van der Waals surface area contributed by atoms with Gasteiger partial charge in [-0.15, -0.1) is 0 Å². The molecule has 6 nitrogen and oxygen atoms in total. The van der Waals surface area contributed by atoms with E-state index >= 15 is 0 Å². The van der Waals surface area contributed by atoms with E-state index < -0.39 is 15.8 Å². The van der Waals surface area contributed by atoms with Crippen molar-refractivity contribution in [2.45, 2.75) is 11.9 Å². The number of benzene rings is 1. The highest BCUT2D eigenvalue weighted by Crippen LogP contribution is 2.26. The minimum Gasteiger partial charge on any atom is -0.462 e. The Morgan fingerprint density at radius 2 is 1.86 bits per heavy atom. The van der Waals surface area contributed by atoms with Gasteiger partial charge in [0, 0.05) is 16.3 Å². The summed E-state index contributed by atoms with van der Waals surface area (Å²) in [5, 5.41) is 4.31. The number of halogens is 2. The predicted octanol–water partition coefficient (Wildman–Crippen LogP) is 2.76. The zero-order chi connectivity index (χ0) is 16.5. The van der Waals surface area contributed by atoms with Crippen LogP contribution >= 0.6 is 23.2 Å². The number of ether oxygens (including phenoxy) is 1. The van der Waals surface area contributed by atoms with Crippen molar-refractivity contribution in [2.24, 2.45) is 0 Å². The highest BCUT2D eigenvalue weighted by atomic mass is 35.5. The number of sulfone groups is 1. The Morgan fingerprint density at radius 1 is 1.27 bits per heavy atom. The number of esters is 1. The summed E-state index contributed by atoms with van der Waals surface area (Å²) in [5.41, 5.74) is 0.189. The highest BCUT2D eigenvalue weighted by molar-refractivity contribution is 7.90. The van der Waals surface area contributed by atoms with Gasteiger partial charge in [0.05, 0.1) is 18.5 Å². The molecule has 118 valence electrons. The van der Waals surface area contributed by atoms with Gasteiger partial charge in [-0.05, 0) is 25.1 Å². The molecular weight excluding hydrogens is 351 g/mol. The van der Waals surface area contributed by atoms with Crippen molar-refractivity contribution in [2.75, 3.05) is 12.9 Å². The van der Waals surface area contributed by atoms with Gasteiger partial charge in [-0.25, -0.2) is 17.9 Å². The Morgan fingerprint density at radius 3 is 2.36 bits per heavy atom. The number of rotatable bonds is 4. The summed E-state index contributed by atoms with van der Waals surface area (Å²) in [6.45, 7) is 1.75. The molecule has 9 heteroatoms. The number of nitrogens with zero attached hydrogens (tertiary/aromatic N) is 2. The molecule has 0 aliphatic carbocycles. The van der Waals surface area contributed by atoms with Gasteiger partial charge < -0.3 is 4.74 Å². The van der Waals surface area contributed by atoms with Gasteiger partial charge in [0.1, 0.15) is 5.56 Å². The minimum absolute atomic E-state index is 0.121. The molecule has 0 N–H and O–H groups in total. The number of hydrogen-bond donors (Lipinski definition) is 0. The zero-order valence-corrected chi connectivity index (χ0v) is 14.0. The Hall–Kier alpha value is -1.57. The van der Waals surface area contributed by atoms with Crippen molar-refractivity contribution in [1.29, 1.82) is 0 Å². The van der Waals surface area contributed by atoms with Crippen LogP contribution in [0.1, 0.15) is 17.3 Å². The standard InChI is InChI=1S/C13H12Cl2N2O4S/c1-3-21-13(18)11-7-16-17(12(11)22(2,19)20)10-5-8(14)4-9(15)6-10/h4-7H,3H2,1-2H3. The molecule has 0 fully saturated rings. The maximum Gasteiger partial charge on any atom is 0.342 e. The Labute approximate surface area is 137 Å². The number of carbonyl (C=O) groups is 1. The second-order valence-electron chi connectivity index (χ2n) is 4.40. The lowest BCUT2D eigenvalue weighted by atomic mass is 10.3. The van der Waals surface area contributed by atoms with Crippen LogP contribution < -0.4 is 0 Å². The van der Waals surface area contributed by atoms with Crippen LogP contribution in [0.2, 0.25) is 10.0 Å². The molecule has 0 bridgehead atoms. The molecule has 0 amide bonds. The molecule has 0 aliphatic heterocycles. The van der Waals surface area contributed by atoms with E-state index in [2.05, 4.69) is 5.10 Å². The van der Waals surface area contributed by atoms with Gasteiger partial charge in [0.15, 0.2) is 14.9 Å². The topological polar surface area (TPSA) is 78.3 Å². The fraction of sp³-hybridized carbons (Fsp3) is 0.231. The highest BCUT2D eigenvalue weighted by Gasteiger charge is 2.27. The normalized spacial score (nSPS) is 11.5. The van der Waals surface area contributed by atoms with Crippen LogP contribution in [0.15, 0.2) is 29.4 Å². The van der Waals surface area contributed by atoms with Gasteiger partial charge in [0.2, 0.25) is 0 Å². The van der Waals surface area contributed by atoms with Gasteiger partial charge in [-0.2, -0.15) is 5.10 Å². The van der Waals surface area contributed by atoms with E-state index in [9.17, 15) is 13.2 Å². The first-order valence-electron chi connectivity index (χ1n) is 6.15. The summed E-state index contributed by atoms with van der Waals surface area (Å²) in [6, 6.07) is 4.48. The van der Waals surface area contributed by atoms with Crippen LogP contribution in [-0.2, 0) is 14.6 Å². The third-order valence-electron chi connectivity index (χ3n) is 2.66. The third-order valence-corrected chi connectivity index (χ3v) is 4.20. The quantitative estimate of drug-likeness (QED) is 0.781. The van der Waals surface area contributed by atoms with Crippen LogP contribution in [0.4, 0.5) is 0 Å². The van der Waals surface area contributed by atoms with Crippen molar-refractivity contribution in [3.05, 3.63) is 40.0 Å². The van der Waals surface area contributed by atoms with Gasteiger partial charge in [-0.3, -0.25) is 0 Å². The van der Waals surface area contributed by atoms with Crippen molar-refractivity contribution in [1.82, 2.24) is 9.78 Å². The molecule has 0 aliphatic rings. The molecule has 0 saturated carbocycles. The molecule has 0 radical (unpaired) electrons. The lowest BCUT2D eigenvalue weighted by Gasteiger charge is -2.08. The van der Waals surface area contributed by atoms with Crippen molar-refractivity contribution < 1.29 is 17.9 Å². The van der Waals surface area contributed by atoms with Gasteiger partial charge in [0.25, 0.3) is 0 Å². The van der Waals surface area contributed by atoms with E-state index in [0.717, 1.165) is 17.1 Å². The smallest absolute Gasteiger partial charge is 0.342 e. The first kappa shape index (κ1) is 16.8. The van der Waals surface area contributed by atoms with E-state index in [1.165, 1.54) is 18.2 Å². The molecule has 1 aromatic carbocycles. The molecular formula is C13H12Cl2N2O4S. The van der Waals surface area contributed by atoms with Crippen LogP contribution in [0, 0.1) is 0 Å². The molecule has 0 spiro atoms. The minimum atomic E-state index is -3.74. The lowest BCUT2D eigenvalue weighted by molar-refractivity contribution is 0.0521. The average molecular weight is 363 g/mol. The van der Waals surface area contributed by atoms with Crippen molar-refractivity contribution in [3.63, 3.8) is 0 Å². The van der Waals surface area contributed by atoms with E-state index in [0.29, 0.717) is 15.7 Å². The number of hydrogen-bond acceptors (Lipinski definition) is 5. The van der Waals surface area contributed by atoms with E-state index in [4.69, 9.17) is 27.9 Å². The SMILES string of the molecule is CCOC(=O)c1cnn(-c2cc(Cl)cc(Cl)c2)c1S(C)(=O)=O. The molecule has 0 atom stereocenters. The fourth-order valence-corrected chi connectivity index (χ4v) is 3.41. The van der Waals surface area contributed by atoms with Crippen LogP contribution in [0.5, 0.6) is 0 Å². The van der Waals surface area contributed by atoms with Crippen LogP contribution in [0.3, 0.4) is 0 Å². The molecule has 2 aromatic rings. The third kappa shape index (κ3) is 3.43. The second-order valence-corrected chi connectivity index (χ2v) is 7.20. The summed E-state index contributed by atoms with van der Waals surface area (Å²) >= 11 is 11.8. The summed E-state index contributed by atoms with van der Waals surface area (Å²) in [5.74, 6) is -0.762. The Kier molecular flexibility index (Phi) is 4.79. The van der Waals surface area contributed by atoms with Gasteiger partial charge in [-0.1, -0.05) is 23.2 Å². The maximum absolute atomic E-state index is 12.1. The number of carbonyl (C=O) groups excluding carboxylic acids is 1. The Balaban J connectivity index is 2.70. The molecule has 1 aromatic heterocycles. The predicted molar refractivity (Wildman–Crippen MR) is 82.7 cm³/mol. The molecule has 1 heterocycles. The van der Waals surface area contributed by atoms with Crippen LogP contribution in [0.25, 0.3) is 5.69 Å². The number of aromatic nitrogens is 2. The first-order chi connectivity index (χ1) is 10.2. The maximum atomic E-state index is 12.1. The zero-order valence-electron chi connectivity index (χ0n) is 11.7. The summed E-state index contributed by atoms with van der Waals surface area (Å²) < 4.78 is 30.1. The van der Waals surface area contributed by atoms with E-state index in [-0.39, 0.29) is 17.2 Å². The summed E-state index contributed by atoms with van der Waals surface area (Å²) in [7, 11) is -3.74. The fourth-order valence-electron chi connectivity index (χ4n) is 1.89. The van der Waals surface area contributed by atoms with Crippen LogP contribution in [-0.4, -0.2) is 37.0 Å². The Bertz CT molecular complexity index is 810. The van der Waals surface area contributed by atoms with E-state index in [1.807, 2.05) is 0 Å². The largest absolute Gasteiger partial charge is 0.462 e. The summed E-state index contributed by atoms with van der Waals surface area (Å²) in [6.07, 6.45) is 2.12. The second kappa shape index (κ2) is 6.28. The summed E-state index contributed by atoms with van der Waals surface area (Å²) in [4.78, 5) is 11.9.